The SMILES string of the molecule is CCC1(O)CN(C(=O)c2cn(Cc3ccccc3)nc2-c2ccccc2)C1. The number of hydrogen-bond donors (Lipinski definition) is 1. The van der Waals surface area contributed by atoms with E-state index in [9.17, 15) is 9.90 Å². The van der Waals surface area contributed by atoms with Gasteiger partial charge in [-0.15, -0.1) is 0 Å². The average Bonchev–Trinajstić information content (AvgIpc) is 3.10. The topological polar surface area (TPSA) is 58.4 Å². The summed E-state index contributed by atoms with van der Waals surface area (Å²) in [6, 6.07) is 19.8. The number of hydrogen-bond acceptors (Lipinski definition) is 3. The van der Waals surface area contributed by atoms with Crippen LogP contribution in [0.2, 0.25) is 0 Å². The van der Waals surface area contributed by atoms with E-state index in [-0.39, 0.29) is 5.91 Å². The summed E-state index contributed by atoms with van der Waals surface area (Å²) in [6.45, 7) is 3.29. The van der Waals surface area contributed by atoms with Gasteiger partial charge in [0.1, 0.15) is 5.69 Å². The zero-order valence-electron chi connectivity index (χ0n) is 15.4. The third-order valence-corrected chi connectivity index (χ3v) is 5.14. The summed E-state index contributed by atoms with van der Waals surface area (Å²) >= 11 is 0. The molecule has 1 aliphatic rings. The summed E-state index contributed by atoms with van der Waals surface area (Å²) in [5.41, 5.74) is 2.56. The molecule has 0 aliphatic carbocycles. The van der Waals surface area contributed by atoms with Crippen molar-refractivity contribution in [2.24, 2.45) is 0 Å². The molecular formula is C22H23N3O2. The smallest absolute Gasteiger partial charge is 0.257 e. The van der Waals surface area contributed by atoms with Gasteiger partial charge in [-0.3, -0.25) is 9.48 Å². The maximum atomic E-state index is 13.1. The summed E-state index contributed by atoms with van der Waals surface area (Å²) in [6.07, 6.45) is 2.47. The monoisotopic (exact) mass is 361 g/mol. The van der Waals surface area contributed by atoms with Crippen LogP contribution in [-0.4, -0.2) is 44.4 Å². The van der Waals surface area contributed by atoms with Gasteiger partial charge in [0, 0.05) is 11.8 Å². The molecule has 5 nitrogen and oxygen atoms in total. The van der Waals surface area contributed by atoms with Gasteiger partial charge < -0.3 is 10.0 Å². The largest absolute Gasteiger partial charge is 0.386 e. The van der Waals surface area contributed by atoms with Crippen LogP contribution in [-0.2, 0) is 6.54 Å². The van der Waals surface area contributed by atoms with E-state index in [2.05, 4.69) is 0 Å². The van der Waals surface area contributed by atoms with Crippen LogP contribution >= 0.6 is 0 Å². The molecular weight excluding hydrogens is 338 g/mol. The van der Waals surface area contributed by atoms with Gasteiger partial charge in [0.15, 0.2) is 0 Å². The van der Waals surface area contributed by atoms with E-state index in [4.69, 9.17) is 5.10 Å². The normalized spacial score (nSPS) is 15.4. The zero-order chi connectivity index (χ0) is 18.9. The van der Waals surface area contributed by atoms with Gasteiger partial charge in [0.25, 0.3) is 5.91 Å². The van der Waals surface area contributed by atoms with Gasteiger partial charge in [-0.25, -0.2) is 0 Å². The van der Waals surface area contributed by atoms with Crippen molar-refractivity contribution in [1.29, 1.82) is 0 Å². The third kappa shape index (κ3) is 3.51. The fourth-order valence-corrected chi connectivity index (χ4v) is 3.44. The van der Waals surface area contributed by atoms with Crippen LogP contribution in [0.5, 0.6) is 0 Å². The van der Waals surface area contributed by atoms with Gasteiger partial charge in [-0.2, -0.15) is 5.10 Å². The van der Waals surface area contributed by atoms with E-state index in [0.717, 1.165) is 11.1 Å². The molecule has 4 rings (SSSR count). The van der Waals surface area contributed by atoms with Crippen LogP contribution in [0.1, 0.15) is 29.3 Å². The van der Waals surface area contributed by atoms with E-state index in [0.29, 0.717) is 37.3 Å². The molecule has 0 unspecified atom stereocenters. The molecule has 0 saturated carbocycles. The number of amides is 1. The number of nitrogens with zero attached hydrogens (tertiary/aromatic N) is 3. The molecule has 2 aromatic carbocycles. The van der Waals surface area contributed by atoms with Gasteiger partial charge in [0.05, 0.1) is 30.8 Å². The van der Waals surface area contributed by atoms with Crippen LogP contribution in [0.4, 0.5) is 0 Å². The van der Waals surface area contributed by atoms with E-state index < -0.39 is 5.60 Å². The lowest BCUT2D eigenvalue weighted by atomic mass is 9.90. The Balaban J connectivity index is 1.66. The second kappa shape index (κ2) is 7.00. The maximum Gasteiger partial charge on any atom is 0.257 e. The van der Waals surface area contributed by atoms with Gasteiger partial charge in [-0.05, 0) is 12.0 Å². The number of β-amino-alcohol motifs (C(OH)–C–C–N with tert-alkyl or cyclic N) is 1. The van der Waals surface area contributed by atoms with Gasteiger partial charge in [-0.1, -0.05) is 67.6 Å². The number of carbonyl (C=O) groups is 1. The first kappa shape index (κ1) is 17.5. The molecule has 1 fully saturated rings. The van der Waals surface area contributed by atoms with Crippen molar-refractivity contribution < 1.29 is 9.90 Å². The van der Waals surface area contributed by atoms with Crippen molar-refractivity contribution in [1.82, 2.24) is 14.7 Å². The quantitative estimate of drug-likeness (QED) is 0.759. The minimum atomic E-state index is -0.747. The van der Waals surface area contributed by atoms with E-state index in [1.165, 1.54) is 0 Å². The number of aliphatic hydroxyl groups is 1. The third-order valence-electron chi connectivity index (χ3n) is 5.14. The Morgan fingerprint density at radius 2 is 1.70 bits per heavy atom. The number of likely N-dealkylation sites (tertiary alicyclic amines) is 1. The first-order chi connectivity index (χ1) is 13.1. The zero-order valence-corrected chi connectivity index (χ0v) is 15.4. The van der Waals surface area contributed by atoms with Crippen molar-refractivity contribution in [3.05, 3.63) is 78.0 Å². The fraction of sp³-hybridized carbons (Fsp3) is 0.273. The minimum Gasteiger partial charge on any atom is -0.386 e. The molecule has 0 spiro atoms. The van der Waals surface area contributed by atoms with Crippen molar-refractivity contribution in [3.8, 4) is 11.3 Å². The highest BCUT2D eigenvalue weighted by molar-refractivity contribution is 6.00. The Kier molecular flexibility index (Phi) is 4.54. The molecule has 3 aromatic rings. The maximum absolute atomic E-state index is 13.1. The molecule has 0 radical (unpaired) electrons. The lowest BCUT2D eigenvalue weighted by Crippen LogP contribution is -2.63. The van der Waals surface area contributed by atoms with Gasteiger partial charge >= 0.3 is 0 Å². The van der Waals surface area contributed by atoms with Crippen LogP contribution in [0.25, 0.3) is 11.3 Å². The Hall–Kier alpha value is -2.92. The highest BCUT2D eigenvalue weighted by Gasteiger charge is 2.43. The molecule has 1 saturated heterocycles. The van der Waals surface area contributed by atoms with E-state index in [1.54, 1.807) is 4.90 Å². The second-order valence-electron chi connectivity index (χ2n) is 7.18. The number of aromatic nitrogens is 2. The molecule has 1 amide bonds. The molecule has 0 atom stereocenters. The van der Waals surface area contributed by atoms with Crippen molar-refractivity contribution >= 4 is 5.91 Å². The predicted octanol–water partition coefficient (Wildman–Crippen LogP) is 3.20. The van der Waals surface area contributed by atoms with Crippen LogP contribution in [0.3, 0.4) is 0 Å². The average molecular weight is 361 g/mol. The summed E-state index contributed by atoms with van der Waals surface area (Å²) in [5, 5.41) is 15.0. The summed E-state index contributed by atoms with van der Waals surface area (Å²) in [5.74, 6) is -0.0775. The Morgan fingerprint density at radius 3 is 2.33 bits per heavy atom. The molecule has 138 valence electrons. The van der Waals surface area contributed by atoms with Crippen molar-refractivity contribution in [3.63, 3.8) is 0 Å². The summed E-state index contributed by atoms with van der Waals surface area (Å²) in [4.78, 5) is 14.7. The van der Waals surface area contributed by atoms with Crippen LogP contribution in [0, 0.1) is 0 Å². The summed E-state index contributed by atoms with van der Waals surface area (Å²) < 4.78 is 1.82. The molecule has 1 aromatic heterocycles. The lowest BCUT2D eigenvalue weighted by Gasteiger charge is -2.46. The highest BCUT2D eigenvalue weighted by Crippen LogP contribution is 2.29. The van der Waals surface area contributed by atoms with E-state index >= 15 is 0 Å². The first-order valence-corrected chi connectivity index (χ1v) is 9.26. The standard InChI is InChI=1S/C22H23N3O2/c1-2-22(27)15-24(16-22)21(26)19-14-25(13-17-9-5-3-6-10-17)23-20(19)18-11-7-4-8-12-18/h3-12,14,27H,2,13,15-16H2,1H3. The minimum absolute atomic E-state index is 0.0775. The lowest BCUT2D eigenvalue weighted by molar-refractivity contribution is -0.0826. The van der Waals surface area contributed by atoms with Crippen LogP contribution < -0.4 is 0 Å². The number of rotatable bonds is 5. The molecule has 1 aliphatic heterocycles. The van der Waals surface area contributed by atoms with E-state index in [1.807, 2.05) is 78.5 Å². The number of carbonyl (C=O) groups excluding carboxylic acids is 1. The molecule has 5 heteroatoms. The second-order valence-corrected chi connectivity index (χ2v) is 7.18. The highest BCUT2D eigenvalue weighted by atomic mass is 16.3. The number of benzene rings is 2. The van der Waals surface area contributed by atoms with Crippen molar-refractivity contribution in [2.45, 2.75) is 25.5 Å². The fourth-order valence-electron chi connectivity index (χ4n) is 3.44. The van der Waals surface area contributed by atoms with Crippen molar-refractivity contribution in [2.75, 3.05) is 13.1 Å². The van der Waals surface area contributed by atoms with Crippen LogP contribution in [0.15, 0.2) is 66.9 Å². The molecule has 1 N–H and O–H groups in total. The molecule has 27 heavy (non-hydrogen) atoms. The first-order valence-electron chi connectivity index (χ1n) is 9.26. The Labute approximate surface area is 158 Å². The predicted molar refractivity (Wildman–Crippen MR) is 104 cm³/mol. The summed E-state index contributed by atoms with van der Waals surface area (Å²) in [7, 11) is 0. The molecule has 0 bridgehead atoms. The molecule has 2 heterocycles. The Morgan fingerprint density at radius 1 is 1.07 bits per heavy atom. The van der Waals surface area contributed by atoms with Gasteiger partial charge in [0.2, 0.25) is 0 Å². The Bertz CT molecular complexity index is 929.